The molecule has 1 aliphatic carbocycles. The molecule has 1 rings (SSSR count). The maximum absolute atomic E-state index is 13.2. The van der Waals surface area contributed by atoms with Gasteiger partial charge in [0, 0.05) is 11.3 Å². The van der Waals surface area contributed by atoms with Crippen molar-refractivity contribution >= 4 is 30.5 Å². The third kappa shape index (κ3) is 4.71. The molecular weight excluding hydrogens is 356 g/mol. The summed E-state index contributed by atoms with van der Waals surface area (Å²) < 4.78 is 4.89. The molecule has 1 amide bonds. The summed E-state index contributed by atoms with van der Waals surface area (Å²) in [6.07, 6.45) is 3.44. The van der Waals surface area contributed by atoms with E-state index in [1.165, 1.54) is 12.0 Å². The molecule has 2 unspecified atom stereocenters. The van der Waals surface area contributed by atoms with Crippen molar-refractivity contribution in [3.05, 3.63) is 0 Å². The summed E-state index contributed by atoms with van der Waals surface area (Å²) >= 11 is 4.27. The molecular formula is C18H32N2O5S. The molecule has 0 saturated heterocycles. The van der Waals surface area contributed by atoms with Crippen molar-refractivity contribution in [2.75, 3.05) is 12.9 Å². The first-order valence-corrected chi connectivity index (χ1v) is 9.73. The van der Waals surface area contributed by atoms with Crippen LogP contribution in [0.2, 0.25) is 0 Å². The van der Waals surface area contributed by atoms with E-state index < -0.39 is 41.9 Å². The number of nitrogens with two attached hydrogens (primary N) is 1. The van der Waals surface area contributed by atoms with Crippen LogP contribution >= 0.6 is 12.6 Å². The molecule has 1 aliphatic rings. The predicted octanol–water partition coefficient (Wildman–Crippen LogP) is 1.69. The van der Waals surface area contributed by atoms with Crippen molar-refractivity contribution in [2.45, 2.75) is 70.5 Å². The minimum atomic E-state index is -1.22. The van der Waals surface area contributed by atoms with Crippen molar-refractivity contribution in [3.8, 4) is 0 Å². The largest absolute Gasteiger partial charge is 0.481 e. The Balaban J connectivity index is 3.43. The number of esters is 1. The summed E-state index contributed by atoms with van der Waals surface area (Å²) in [6.45, 7) is 6.10. The molecule has 3 N–H and O–H groups in total. The fourth-order valence-corrected chi connectivity index (χ4v) is 4.34. The molecule has 0 aromatic heterocycles. The van der Waals surface area contributed by atoms with Crippen LogP contribution in [0.25, 0.3) is 0 Å². The lowest BCUT2D eigenvalue weighted by atomic mass is 9.73. The Kier molecular flexibility index (Phi) is 8.40. The standard InChI is InChI=1S/C18H32N2O5S/c1-11-7-5-6-8-12(2)18(11,3)20(14(10-26)17(24)25-4)16(23)13(19)9-15(21)22/h11-14,26H,5-10,19H2,1-4H3,(H,21,22)/t11-,12?,13-,14-,18?/m0/s1. The van der Waals surface area contributed by atoms with Crippen LogP contribution in [-0.4, -0.2) is 58.3 Å². The average Bonchev–Trinajstić information content (AvgIpc) is 2.71. The zero-order valence-electron chi connectivity index (χ0n) is 16.1. The predicted molar refractivity (Wildman–Crippen MR) is 102 cm³/mol. The number of thiol groups is 1. The van der Waals surface area contributed by atoms with Gasteiger partial charge in [0.2, 0.25) is 5.91 Å². The van der Waals surface area contributed by atoms with Gasteiger partial charge in [0.1, 0.15) is 6.04 Å². The van der Waals surface area contributed by atoms with E-state index in [1.54, 1.807) is 0 Å². The smallest absolute Gasteiger partial charge is 0.329 e. The van der Waals surface area contributed by atoms with Gasteiger partial charge in [-0.2, -0.15) is 12.6 Å². The Morgan fingerprint density at radius 2 is 1.77 bits per heavy atom. The molecule has 0 bridgehead atoms. The number of carbonyl (C=O) groups is 3. The number of ether oxygens (including phenoxy) is 1. The fourth-order valence-electron chi connectivity index (χ4n) is 4.02. The van der Waals surface area contributed by atoms with Gasteiger partial charge in [0.15, 0.2) is 0 Å². The number of aliphatic carboxylic acids is 1. The van der Waals surface area contributed by atoms with Gasteiger partial charge < -0.3 is 20.5 Å². The lowest BCUT2D eigenvalue weighted by molar-refractivity contribution is -0.163. The Labute approximate surface area is 161 Å². The van der Waals surface area contributed by atoms with Gasteiger partial charge in [-0.25, -0.2) is 4.79 Å². The third-order valence-electron chi connectivity index (χ3n) is 5.95. The van der Waals surface area contributed by atoms with Gasteiger partial charge in [-0.15, -0.1) is 0 Å². The Bertz CT molecular complexity index is 516. The maximum Gasteiger partial charge on any atom is 0.329 e. The molecule has 1 fully saturated rings. The summed E-state index contributed by atoms with van der Waals surface area (Å²) in [5.74, 6) is -1.95. The SMILES string of the molecule is COC(=O)[C@H](CS)N(C(=O)[C@@H](N)CC(=O)O)C1(C)C(C)CCCC[C@@H]1C. The highest BCUT2D eigenvalue weighted by Crippen LogP contribution is 2.42. The molecule has 0 radical (unpaired) electrons. The summed E-state index contributed by atoms with van der Waals surface area (Å²) in [5, 5.41) is 9.03. The van der Waals surface area contributed by atoms with Crippen molar-refractivity contribution in [2.24, 2.45) is 17.6 Å². The van der Waals surface area contributed by atoms with Crippen LogP contribution in [0.5, 0.6) is 0 Å². The van der Waals surface area contributed by atoms with Crippen molar-refractivity contribution in [1.82, 2.24) is 4.90 Å². The van der Waals surface area contributed by atoms with Crippen molar-refractivity contribution < 1.29 is 24.2 Å². The second kappa shape index (κ2) is 9.60. The highest BCUT2D eigenvalue weighted by molar-refractivity contribution is 7.80. The van der Waals surface area contributed by atoms with Crippen LogP contribution < -0.4 is 5.73 Å². The first-order chi connectivity index (χ1) is 12.1. The van der Waals surface area contributed by atoms with Gasteiger partial charge in [-0.1, -0.05) is 26.7 Å². The van der Waals surface area contributed by atoms with Crippen LogP contribution in [0, 0.1) is 11.8 Å². The Morgan fingerprint density at radius 3 is 2.15 bits per heavy atom. The van der Waals surface area contributed by atoms with E-state index in [0.717, 1.165) is 25.7 Å². The minimum absolute atomic E-state index is 0.0766. The number of rotatable bonds is 7. The summed E-state index contributed by atoms with van der Waals surface area (Å²) in [7, 11) is 1.26. The van der Waals surface area contributed by atoms with E-state index in [-0.39, 0.29) is 17.6 Å². The summed E-state index contributed by atoms with van der Waals surface area (Å²) in [6, 6.07) is -2.14. The molecule has 150 valence electrons. The van der Waals surface area contributed by atoms with Gasteiger partial charge >= 0.3 is 11.9 Å². The third-order valence-corrected chi connectivity index (χ3v) is 6.29. The number of carboxylic acids is 1. The molecule has 5 atom stereocenters. The second-order valence-electron chi connectivity index (χ2n) is 7.45. The molecule has 26 heavy (non-hydrogen) atoms. The van der Waals surface area contributed by atoms with E-state index in [2.05, 4.69) is 26.5 Å². The van der Waals surface area contributed by atoms with Gasteiger partial charge in [0.05, 0.1) is 19.6 Å². The molecule has 7 nitrogen and oxygen atoms in total. The molecule has 0 heterocycles. The number of hydrogen-bond acceptors (Lipinski definition) is 6. The minimum Gasteiger partial charge on any atom is -0.481 e. The van der Waals surface area contributed by atoms with Gasteiger partial charge in [-0.3, -0.25) is 9.59 Å². The highest BCUT2D eigenvalue weighted by atomic mass is 32.1. The quantitative estimate of drug-likeness (QED) is 0.348. The average molecular weight is 389 g/mol. The molecule has 0 aromatic rings. The number of carbonyl (C=O) groups excluding carboxylic acids is 2. The number of methoxy groups -OCH3 is 1. The van der Waals surface area contributed by atoms with Crippen LogP contribution in [0.3, 0.4) is 0 Å². The number of nitrogens with zero attached hydrogens (tertiary/aromatic N) is 1. The zero-order valence-corrected chi connectivity index (χ0v) is 17.0. The van der Waals surface area contributed by atoms with Gasteiger partial charge in [0.25, 0.3) is 0 Å². The number of amides is 1. The number of carboxylic acid groups (broad SMARTS) is 1. The van der Waals surface area contributed by atoms with Crippen molar-refractivity contribution in [1.29, 1.82) is 0 Å². The molecule has 0 spiro atoms. The Morgan fingerprint density at radius 1 is 1.27 bits per heavy atom. The zero-order chi connectivity index (χ0) is 20.1. The molecule has 0 aliphatic heterocycles. The lowest BCUT2D eigenvalue weighted by Gasteiger charge is -2.51. The molecule has 0 aromatic carbocycles. The summed E-state index contributed by atoms with van der Waals surface area (Å²) in [4.78, 5) is 38.1. The monoisotopic (exact) mass is 388 g/mol. The van der Waals surface area contributed by atoms with E-state index in [4.69, 9.17) is 15.6 Å². The van der Waals surface area contributed by atoms with Crippen LogP contribution in [0.4, 0.5) is 0 Å². The molecule has 1 saturated carbocycles. The van der Waals surface area contributed by atoms with Crippen molar-refractivity contribution in [3.63, 3.8) is 0 Å². The Hall–Kier alpha value is -1.28. The van der Waals surface area contributed by atoms with Gasteiger partial charge in [-0.05, 0) is 31.6 Å². The second-order valence-corrected chi connectivity index (χ2v) is 7.81. The lowest BCUT2D eigenvalue weighted by Crippen LogP contribution is -2.66. The highest BCUT2D eigenvalue weighted by Gasteiger charge is 2.50. The first-order valence-electron chi connectivity index (χ1n) is 9.10. The number of hydrogen-bond donors (Lipinski definition) is 3. The maximum atomic E-state index is 13.2. The van der Waals surface area contributed by atoms with Crippen LogP contribution in [0.15, 0.2) is 0 Å². The topological polar surface area (TPSA) is 110 Å². The molecule has 8 heteroatoms. The van der Waals surface area contributed by atoms with Crippen LogP contribution in [-0.2, 0) is 19.1 Å². The first kappa shape index (κ1) is 22.8. The normalized spacial score (nSPS) is 28.5. The summed E-state index contributed by atoms with van der Waals surface area (Å²) in [5.41, 5.74) is 5.25. The van der Waals surface area contributed by atoms with E-state index in [9.17, 15) is 14.4 Å². The van der Waals surface area contributed by atoms with Crippen LogP contribution in [0.1, 0.15) is 52.9 Å². The van der Waals surface area contributed by atoms with E-state index in [1.807, 2.05) is 6.92 Å². The fraction of sp³-hybridized carbons (Fsp3) is 0.833. The van der Waals surface area contributed by atoms with E-state index >= 15 is 0 Å². The van der Waals surface area contributed by atoms with E-state index in [0.29, 0.717) is 0 Å².